The van der Waals surface area contributed by atoms with E-state index in [4.69, 9.17) is 5.73 Å². The fourth-order valence-electron chi connectivity index (χ4n) is 2.31. The monoisotopic (exact) mass is 352 g/mol. The van der Waals surface area contributed by atoms with Gasteiger partial charge >= 0.3 is 0 Å². The Kier molecular flexibility index (Phi) is 5.24. The van der Waals surface area contributed by atoms with Gasteiger partial charge in [-0.15, -0.1) is 11.3 Å². The van der Waals surface area contributed by atoms with Crippen molar-refractivity contribution in [2.24, 2.45) is 5.73 Å². The van der Waals surface area contributed by atoms with E-state index in [2.05, 4.69) is 77.4 Å². The van der Waals surface area contributed by atoms with Crippen molar-refractivity contribution in [3.05, 3.63) is 50.6 Å². The number of nitrogens with two attached hydrogens (primary N) is 1. The largest absolute Gasteiger partial charge is 0.367 e. The molecule has 2 rings (SSSR count). The van der Waals surface area contributed by atoms with Crippen LogP contribution in [0.25, 0.3) is 0 Å². The van der Waals surface area contributed by atoms with Crippen LogP contribution in [0.5, 0.6) is 0 Å². The van der Waals surface area contributed by atoms with E-state index in [1.54, 1.807) is 11.3 Å². The lowest BCUT2D eigenvalue weighted by atomic mass is 10.0. The highest BCUT2D eigenvalue weighted by Crippen LogP contribution is 2.32. The molecule has 0 radical (unpaired) electrons. The van der Waals surface area contributed by atoms with Crippen molar-refractivity contribution >= 4 is 33.0 Å². The van der Waals surface area contributed by atoms with Crippen molar-refractivity contribution < 1.29 is 0 Å². The Labute approximate surface area is 133 Å². The zero-order valence-electron chi connectivity index (χ0n) is 12.1. The van der Waals surface area contributed by atoms with E-state index in [1.165, 1.54) is 16.1 Å². The van der Waals surface area contributed by atoms with E-state index in [0.717, 1.165) is 10.9 Å². The zero-order valence-corrected chi connectivity index (χ0v) is 14.5. The molecule has 0 saturated heterocycles. The van der Waals surface area contributed by atoms with Crippen molar-refractivity contribution in [3.8, 4) is 0 Å². The molecule has 108 valence electrons. The van der Waals surface area contributed by atoms with E-state index in [0.29, 0.717) is 6.04 Å². The first kappa shape index (κ1) is 15.5. The van der Waals surface area contributed by atoms with Crippen LogP contribution in [0.15, 0.2) is 40.2 Å². The minimum atomic E-state index is 0.167. The van der Waals surface area contributed by atoms with Crippen molar-refractivity contribution in [1.29, 1.82) is 0 Å². The molecule has 1 aromatic heterocycles. The van der Waals surface area contributed by atoms with Crippen molar-refractivity contribution in [2.45, 2.75) is 32.4 Å². The lowest BCUT2D eigenvalue weighted by Gasteiger charge is -2.29. The average Bonchev–Trinajstić information content (AvgIpc) is 2.92. The number of nitrogens with zero attached hydrogens (tertiary/aromatic N) is 1. The van der Waals surface area contributed by atoms with Crippen LogP contribution in [0.2, 0.25) is 0 Å². The summed E-state index contributed by atoms with van der Waals surface area (Å²) in [5.41, 5.74) is 8.52. The molecule has 0 spiro atoms. The highest BCUT2D eigenvalue weighted by Gasteiger charge is 2.17. The minimum Gasteiger partial charge on any atom is -0.367 e. The van der Waals surface area contributed by atoms with Crippen molar-refractivity contribution in [1.82, 2.24) is 0 Å². The van der Waals surface area contributed by atoms with Gasteiger partial charge in [0.05, 0.1) is 6.04 Å². The summed E-state index contributed by atoms with van der Waals surface area (Å²) >= 11 is 5.37. The lowest BCUT2D eigenvalue weighted by Crippen LogP contribution is -2.24. The van der Waals surface area contributed by atoms with Crippen LogP contribution < -0.4 is 10.6 Å². The molecule has 0 amide bonds. The minimum absolute atomic E-state index is 0.167. The third-order valence-corrected chi connectivity index (χ3v) is 5.04. The molecule has 2 nitrogen and oxygen atoms in total. The van der Waals surface area contributed by atoms with Gasteiger partial charge in [0.25, 0.3) is 0 Å². The van der Waals surface area contributed by atoms with E-state index in [-0.39, 0.29) is 6.04 Å². The number of rotatable bonds is 5. The summed E-state index contributed by atoms with van der Waals surface area (Å²) in [5.74, 6) is 0. The van der Waals surface area contributed by atoms with Crippen molar-refractivity contribution in [2.75, 3.05) is 11.9 Å². The molecular weight excluding hydrogens is 332 g/mol. The molecule has 0 bridgehead atoms. The maximum Gasteiger partial charge on any atom is 0.0603 e. The summed E-state index contributed by atoms with van der Waals surface area (Å²) in [7, 11) is 2.15. The summed E-state index contributed by atoms with van der Waals surface area (Å²) in [4.78, 5) is 3.70. The molecule has 2 aromatic rings. The van der Waals surface area contributed by atoms with E-state index in [9.17, 15) is 0 Å². The van der Waals surface area contributed by atoms with Gasteiger partial charge in [-0.3, -0.25) is 0 Å². The van der Waals surface area contributed by atoms with E-state index in [1.807, 2.05) is 0 Å². The van der Waals surface area contributed by atoms with Crippen LogP contribution in [-0.2, 0) is 6.42 Å². The molecule has 2 N–H and O–H groups in total. The Hall–Kier alpha value is -0.840. The Morgan fingerprint density at radius 1 is 1.30 bits per heavy atom. The number of thiophene rings is 1. The molecule has 1 aromatic carbocycles. The first-order chi connectivity index (χ1) is 9.49. The van der Waals surface area contributed by atoms with Gasteiger partial charge in [0, 0.05) is 28.1 Å². The smallest absolute Gasteiger partial charge is 0.0603 e. The van der Waals surface area contributed by atoms with Gasteiger partial charge < -0.3 is 10.6 Å². The van der Waals surface area contributed by atoms with Gasteiger partial charge in [0.2, 0.25) is 0 Å². The van der Waals surface area contributed by atoms with Crippen molar-refractivity contribution in [3.63, 3.8) is 0 Å². The Balaban J connectivity index is 2.32. The maximum absolute atomic E-state index is 5.97. The number of hydrogen-bond acceptors (Lipinski definition) is 3. The van der Waals surface area contributed by atoms with Crippen LogP contribution in [0, 0.1) is 0 Å². The molecule has 0 saturated carbocycles. The van der Waals surface area contributed by atoms with E-state index < -0.39 is 0 Å². The first-order valence-corrected chi connectivity index (χ1v) is 8.46. The molecule has 0 aliphatic carbocycles. The fourth-order valence-corrected chi connectivity index (χ4v) is 3.49. The van der Waals surface area contributed by atoms with Crippen LogP contribution >= 0.6 is 27.3 Å². The number of halogens is 1. The van der Waals surface area contributed by atoms with Gasteiger partial charge in [0.15, 0.2) is 0 Å². The molecule has 0 aliphatic rings. The molecule has 4 heteroatoms. The predicted octanol–water partition coefficient (Wildman–Crippen LogP) is 4.60. The molecule has 0 aliphatic heterocycles. The number of hydrogen-bond donors (Lipinski definition) is 1. The summed E-state index contributed by atoms with van der Waals surface area (Å²) in [5, 5.41) is 2.13. The topological polar surface area (TPSA) is 29.3 Å². The van der Waals surface area contributed by atoms with Crippen LogP contribution in [0.4, 0.5) is 5.69 Å². The van der Waals surface area contributed by atoms with Gasteiger partial charge in [-0.25, -0.2) is 0 Å². The standard InChI is InChI=1S/C16H21BrN2S/c1-11(18)9-13-6-7-14(17)10-15(13)19(3)12(2)16-5-4-8-20-16/h4-8,10-12H,9,18H2,1-3H3. The maximum atomic E-state index is 5.97. The highest BCUT2D eigenvalue weighted by molar-refractivity contribution is 9.10. The molecule has 1 heterocycles. The third kappa shape index (κ3) is 3.62. The highest BCUT2D eigenvalue weighted by atomic mass is 79.9. The SMILES string of the molecule is CC(N)Cc1ccc(Br)cc1N(C)C(C)c1cccs1. The van der Waals surface area contributed by atoms with Gasteiger partial charge in [0.1, 0.15) is 0 Å². The molecule has 0 fully saturated rings. The predicted molar refractivity (Wildman–Crippen MR) is 92.6 cm³/mol. The number of anilines is 1. The second-order valence-electron chi connectivity index (χ2n) is 5.26. The third-order valence-electron chi connectivity index (χ3n) is 3.51. The zero-order chi connectivity index (χ0) is 14.7. The molecular formula is C16H21BrN2S. The van der Waals surface area contributed by atoms with Crippen LogP contribution in [0.3, 0.4) is 0 Å². The molecule has 20 heavy (non-hydrogen) atoms. The normalized spacial score (nSPS) is 14.1. The second kappa shape index (κ2) is 6.74. The summed E-state index contributed by atoms with van der Waals surface area (Å²) in [6, 6.07) is 11.3. The second-order valence-corrected chi connectivity index (χ2v) is 7.15. The summed E-state index contributed by atoms with van der Waals surface area (Å²) < 4.78 is 1.10. The fraction of sp³-hybridized carbons (Fsp3) is 0.375. The summed E-state index contributed by atoms with van der Waals surface area (Å²) in [6.07, 6.45) is 0.893. The molecule has 2 atom stereocenters. The number of benzene rings is 1. The quantitative estimate of drug-likeness (QED) is 0.851. The van der Waals surface area contributed by atoms with Gasteiger partial charge in [-0.1, -0.05) is 28.1 Å². The van der Waals surface area contributed by atoms with E-state index >= 15 is 0 Å². The molecule has 2 unspecified atom stereocenters. The lowest BCUT2D eigenvalue weighted by molar-refractivity contribution is 0.716. The Morgan fingerprint density at radius 3 is 2.65 bits per heavy atom. The summed E-state index contributed by atoms with van der Waals surface area (Å²) in [6.45, 7) is 4.29. The Bertz CT molecular complexity index is 552. The Morgan fingerprint density at radius 2 is 2.05 bits per heavy atom. The average molecular weight is 353 g/mol. The van der Waals surface area contributed by atoms with Crippen LogP contribution in [0.1, 0.15) is 30.3 Å². The van der Waals surface area contributed by atoms with Crippen LogP contribution in [-0.4, -0.2) is 13.1 Å². The van der Waals surface area contributed by atoms with Gasteiger partial charge in [-0.05, 0) is 49.4 Å². The first-order valence-electron chi connectivity index (χ1n) is 6.79. The van der Waals surface area contributed by atoms with Gasteiger partial charge in [-0.2, -0.15) is 0 Å².